The first kappa shape index (κ1) is 13.3. The van der Waals surface area contributed by atoms with Gasteiger partial charge in [-0.2, -0.15) is 0 Å². The molecular formula is C13H18Cl2N4. The first-order chi connectivity index (χ1) is 9.20. The zero-order valence-corrected chi connectivity index (χ0v) is 12.2. The molecule has 2 heterocycles. The van der Waals surface area contributed by atoms with Gasteiger partial charge in [0.25, 0.3) is 0 Å². The monoisotopic (exact) mass is 300 g/mol. The first-order valence-corrected chi connectivity index (χ1v) is 7.55. The van der Waals surface area contributed by atoms with Crippen LogP contribution in [0.25, 0.3) is 0 Å². The molecule has 0 radical (unpaired) electrons. The summed E-state index contributed by atoms with van der Waals surface area (Å²) in [6.45, 7) is 1.02. The van der Waals surface area contributed by atoms with Gasteiger partial charge in [-0.05, 0) is 31.2 Å². The second kappa shape index (κ2) is 5.35. The van der Waals surface area contributed by atoms with E-state index in [0.29, 0.717) is 21.9 Å². The fraction of sp³-hybridized carbons (Fsp3) is 0.615. The predicted molar refractivity (Wildman–Crippen MR) is 79.8 cm³/mol. The van der Waals surface area contributed by atoms with E-state index >= 15 is 0 Å². The molecule has 1 aromatic heterocycles. The Kier molecular flexibility index (Phi) is 3.74. The Morgan fingerprint density at radius 2 is 2.00 bits per heavy atom. The summed E-state index contributed by atoms with van der Waals surface area (Å²) in [5, 5.41) is 1.06. The number of hydrogen-bond donors (Lipinski definition) is 2. The molecule has 0 amide bonds. The Balaban J connectivity index is 1.93. The Morgan fingerprint density at radius 3 is 2.79 bits per heavy atom. The molecule has 2 fully saturated rings. The van der Waals surface area contributed by atoms with E-state index in [1.165, 1.54) is 32.1 Å². The van der Waals surface area contributed by atoms with Crippen molar-refractivity contribution in [2.45, 2.75) is 38.1 Å². The van der Waals surface area contributed by atoms with Crippen molar-refractivity contribution in [3.8, 4) is 0 Å². The third-order valence-corrected chi connectivity index (χ3v) is 4.90. The third kappa shape index (κ3) is 2.37. The SMILES string of the molecule is NNc1nc(N2CCC3CCCCC32)c(Cl)cc1Cl. The van der Waals surface area contributed by atoms with Crippen molar-refractivity contribution in [1.82, 2.24) is 4.98 Å². The number of anilines is 2. The normalized spacial score (nSPS) is 26.4. The molecule has 6 heteroatoms. The van der Waals surface area contributed by atoms with Gasteiger partial charge in [0.1, 0.15) is 5.82 Å². The van der Waals surface area contributed by atoms with Gasteiger partial charge in [-0.1, -0.05) is 36.0 Å². The van der Waals surface area contributed by atoms with E-state index in [4.69, 9.17) is 29.0 Å². The largest absolute Gasteiger partial charge is 0.352 e. The molecule has 2 atom stereocenters. The van der Waals surface area contributed by atoms with Crippen molar-refractivity contribution in [2.75, 3.05) is 16.9 Å². The van der Waals surface area contributed by atoms with Crippen molar-refractivity contribution in [3.05, 3.63) is 16.1 Å². The van der Waals surface area contributed by atoms with Crippen LogP contribution in [0.2, 0.25) is 10.0 Å². The topological polar surface area (TPSA) is 54.2 Å². The molecule has 4 nitrogen and oxygen atoms in total. The highest BCUT2D eigenvalue weighted by Crippen LogP contribution is 2.41. The van der Waals surface area contributed by atoms with Crippen molar-refractivity contribution >= 4 is 34.8 Å². The number of nitrogen functional groups attached to an aromatic ring is 1. The van der Waals surface area contributed by atoms with Gasteiger partial charge in [-0.25, -0.2) is 10.8 Å². The van der Waals surface area contributed by atoms with Crippen LogP contribution in [0, 0.1) is 5.92 Å². The minimum Gasteiger partial charge on any atom is -0.352 e. The number of halogens is 2. The van der Waals surface area contributed by atoms with Crippen LogP contribution in [0.1, 0.15) is 32.1 Å². The Labute approximate surface area is 123 Å². The van der Waals surface area contributed by atoms with Gasteiger partial charge in [0, 0.05) is 12.6 Å². The van der Waals surface area contributed by atoms with Gasteiger partial charge in [0.2, 0.25) is 0 Å². The summed E-state index contributed by atoms with van der Waals surface area (Å²) in [4.78, 5) is 6.83. The summed E-state index contributed by atoms with van der Waals surface area (Å²) in [6, 6.07) is 2.29. The molecule has 2 unspecified atom stereocenters. The van der Waals surface area contributed by atoms with Gasteiger partial charge in [0.05, 0.1) is 10.0 Å². The van der Waals surface area contributed by atoms with Crippen molar-refractivity contribution in [3.63, 3.8) is 0 Å². The van der Waals surface area contributed by atoms with Crippen LogP contribution in [0.3, 0.4) is 0 Å². The van der Waals surface area contributed by atoms with Crippen LogP contribution in [-0.4, -0.2) is 17.6 Å². The van der Waals surface area contributed by atoms with Gasteiger partial charge >= 0.3 is 0 Å². The van der Waals surface area contributed by atoms with E-state index in [1.54, 1.807) is 6.07 Å². The highest BCUT2D eigenvalue weighted by molar-refractivity contribution is 6.37. The Hall–Kier alpha value is -0.710. The standard InChI is InChI=1S/C13H18Cl2N4/c14-9-7-10(15)13(17-12(9)18-16)19-6-5-8-3-1-2-4-11(8)19/h7-8,11H,1-6,16H2,(H,17,18). The molecule has 0 bridgehead atoms. The second-order valence-corrected chi connectivity index (χ2v) is 6.18. The number of aromatic nitrogens is 1. The fourth-order valence-corrected chi connectivity index (χ4v) is 3.95. The molecule has 0 aromatic carbocycles. The number of hydrazine groups is 1. The van der Waals surface area contributed by atoms with Crippen molar-refractivity contribution in [2.24, 2.45) is 11.8 Å². The van der Waals surface area contributed by atoms with E-state index in [9.17, 15) is 0 Å². The number of pyridine rings is 1. The minimum atomic E-state index is 0.454. The fourth-order valence-electron chi connectivity index (χ4n) is 3.43. The lowest BCUT2D eigenvalue weighted by Gasteiger charge is -2.33. The summed E-state index contributed by atoms with van der Waals surface area (Å²) in [7, 11) is 0. The molecule has 3 rings (SSSR count). The third-order valence-electron chi connectivity index (χ3n) is 4.33. The highest BCUT2D eigenvalue weighted by atomic mass is 35.5. The van der Waals surface area contributed by atoms with Crippen molar-refractivity contribution in [1.29, 1.82) is 0 Å². The van der Waals surface area contributed by atoms with Gasteiger partial charge in [-0.3, -0.25) is 0 Å². The number of hydrogen-bond acceptors (Lipinski definition) is 4. The van der Waals surface area contributed by atoms with Crippen LogP contribution in [0.4, 0.5) is 11.6 Å². The first-order valence-electron chi connectivity index (χ1n) is 6.80. The average molecular weight is 301 g/mol. The van der Waals surface area contributed by atoms with Crippen molar-refractivity contribution < 1.29 is 0 Å². The number of rotatable bonds is 2. The van der Waals surface area contributed by atoms with Crippen LogP contribution >= 0.6 is 23.2 Å². The maximum atomic E-state index is 6.31. The van der Waals surface area contributed by atoms with Crippen LogP contribution in [-0.2, 0) is 0 Å². The maximum Gasteiger partial charge on any atom is 0.161 e. The zero-order valence-electron chi connectivity index (χ0n) is 10.7. The molecule has 1 saturated carbocycles. The van der Waals surface area contributed by atoms with E-state index < -0.39 is 0 Å². The average Bonchev–Trinajstić information content (AvgIpc) is 2.83. The van der Waals surface area contributed by atoms with E-state index in [1.807, 2.05) is 0 Å². The molecule has 2 aliphatic rings. The number of fused-ring (bicyclic) bond motifs is 1. The van der Waals surface area contributed by atoms with Crippen LogP contribution < -0.4 is 16.2 Å². The molecule has 1 saturated heterocycles. The van der Waals surface area contributed by atoms with E-state index in [-0.39, 0.29) is 0 Å². The zero-order chi connectivity index (χ0) is 13.4. The number of nitrogens with zero attached hydrogens (tertiary/aromatic N) is 2. The molecular weight excluding hydrogens is 283 g/mol. The lowest BCUT2D eigenvalue weighted by atomic mass is 9.85. The van der Waals surface area contributed by atoms with Gasteiger partial charge in [-0.15, -0.1) is 0 Å². The number of nitrogens with two attached hydrogens (primary N) is 1. The highest BCUT2D eigenvalue weighted by Gasteiger charge is 2.37. The molecule has 19 heavy (non-hydrogen) atoms. The van der Waals surface area contributed by atoms with E-state index in [2.05, 4.69) is 15.3 Å². The summed E-state index contributed by atoms with van der Waals surface area (Å²) in [5.74, 6) is 7.53. The molecule has 1 aromatic rings. The molecule has 3 N–H and O–H groups in total. The molecule has 104 valence electrons. The summed E-state index contributed by atoms with van der Waals surface area (Å²) < 4.78 is 0. The van der Waals surface area contributed by atoms with Crippen LogP contribution in [0.15, 0.2) is 6.07 Å². The minimum absolute atomic E-state index is 0.454. The molecule has 1 aliphatic carbocycles. The Morgan fingerprint density at radius 1 is 1.21 bits per heavy atom. The molecule has 1 aliphatic heterocycles. The van der Waals surface area contributed by atoms with E-state index in [0.717, 1.165) is 18.3 Å². The summed E-state index contributed by atoms with van der Waals surface area (Å²) in [6.07, 6.45) is 6.44. The Bertz CT molecular complexity index is 480. The lowest BCUT2D eigenvalue weighted by Crippen LogP contribution is -2.35. The van der Waals surface area contributed by atoms with Gasteiger partial charge < -0.3 is 10.3 Å². The maximum absolute atomic E-state index is 6.31. The predicted octanol–water partition coefficient (Wildman–Crippen LogP) is 3.44. The second-order valence-electron chi connectivity index (χ2n) is 5.36. The summed E-state index contributed by atoms with van der Waals surface area (Å²) in [5.41, 5.74) is 2.53. The van der Waals surface area contributed by atoms with Crippen LogP contribution in [0.5, 0.6) is 0 Å². The summed E-state index contributed by atoms with van der Waals surface area (Å²) >= 11 is 12.4. The number of nitrogens with one attached hydrogen (secondary N) is 1. The lowest BCUT2D eigenvalue weighted by molar-refractivity contribution is 0.341. The quantitative estimate of drug-likeness (QED) is 0.649. The van der Waals surface area contributed by atoms with Gasteiger partial charge in [0.15, 0.2) is 5.82 Å². The molecule has 0 spiro atoms. The smallest absolute Gasteiger partial charge is 0.161 e.